The molecule has 0 aromatic rings. The maximum Gasteiger partial charge on any atom is 0.0125 e. The Morgan fingerprint density at radius 2 is 1.81 bits per heavy atom. The van der Waals surface area contributed by atoms with E-state index >= 15 is 0 Å². The molecule has 1 saturated carbocycles. The van der Waals surface area contributed by atoms with Gasteiger partial charge in [-0.25, -0.2) is 0 Å². The molecule has 94 valence electrons. The van der Waals surface area contributed by atoms with Gasteiger partial charge in [-0.05, 0) is 58.9 Å². The van der Waals surface area contributed by atoms with Crippen LogP contribution in [-0.2, 0) is 0 Å². The van der Waals surface area contributed by atoms with E-state index in [1.807, 2.05) is 0 Å². The number of hydrogen-bond acceptors (Lipinski definition) is 2. The second-order valence-corrected chi connectivity index (χ2v) is 6.77. The molecule has 2 aliphatic rings. The van der Waals surface area contributed by atoms with E-state index in [1.54, 1.807) is 0 Å². The minimum absolute atomic E-state index is 0.349. The molecule has 3 atom stereocenters. The van der Waals surface area contributed by atoms with Crippen LogP contribution in [0.3, 0.4) is 0 Å². The normalized spacial score (nSPS) is 37.1. The van der Waals surface area contributed by atoms with Gasteiger partial charge in [0.25, 0.3) is 0 Å². The molecule has 1 aliphatic heterocycles. The van der Waals surface area contributed by atoms with Gasteiger partial charge in [0.05, 0.1) is 0 Å². The maximum absolute atomic E-state index is 3.83. The zero-order chi connectivity index (χ0) is 11.8. The number of nitrogens with one attached hydrogen (secondary N) is 1. The van der Waals surface area contributed by atoms with Gasteiger partial charge in [-0.3, -0.25) is 4.90 Å². The number of nitrogens with zero attached hydrogens (tertiary/aromatic N) is 1. The molecule has 3 unspecified atom stereocenters. The van der Waals surface area contributed by atoms with Gasteiger partial charge in [0.1, 0.15) is 0 Å². The lowest BCUT2D eigenvalue weighted by Crippen LogP contribution is -2.42. The Balaban J connectivity index is 1.79. The second-order valence-electron chi connectivity index (χ2n) is 6.77. The van der Waals surface area contributed by atoms with Crippen LogP contribution in [0.5, 0.6) is 0 Å². The van der Waals surface area contributed by atoms with Crippen molar-refractivity contribution >= 4 is 0 Å². The van der Waals surface area contributed by atoms with Gasteiger partial charge < -0.3 is 5.32 Å². The highest BCUT2D eigenvalue weighted by atomic mass is 15.2. The molecule has 0 amide bonds. The zero-order valence-corrected chi connectivity index (χ0v) is 11.4. The molecule has 0 radical (unpaired) electrons. The standard InChI is InChI=1S/C14H28N2/c1-11-10-13(11)15-12-6-5-8-16(9-7-12)14(2,3)4/h11-13,15H,5-10H2,1-4H3. The van der Waals surface area contributed by atoms with Crippen LogP contribution in [0, 0.1) is 5.92 Å². The largest absolute Gasteiger partial charge is 0.311 e. The highest BCUT2D eigenvalue weighted by Crippen LogP contribution is 2.31. The van der Waals surface area contributed by atoms with Crippen LogP contribution in [0.25, 0.3) is 0 Å². The predicted molar refractivity (Wildman–Crippen MR) is 69.7 cm³/mol. The van der Waals surface area contributed by atoms with Gasteiger partial charge in [0.15, 0.2) is 0 Å². The van der Waals surface area contributed by atoms with Crippen molar-refractivity contribution in [2.75, 3.05) is 13.1 Å². The smallest absolute Gasteiger partial charge is 0.0125 e. The lowest BCUT2D eigenvalue weighted by Gasteiger charge is -2.34. The molecule has 2 fully saturated rings. The summed E-state index contributed by atoms with van der Waals surface area (Å²) in [6, 6.07) is 1.62. The van der Waals surface area contributed by atoms with Crippen LogP contribution in [0.15, 0.2) is 0 Å². The van der Waals surface area contributed by atoms with Crippen LogP contribution < -0.4 is 5.32 Å². The van der Waals surface area contributed by atoms with Gasteiger partial charge in [-0.2, -0.15) is 0 Å². The molecule has 2 heteroatoms. The molecule has 0 spiro atoms. The quantitative estimate of drug-likeness (QED) is 0.776. The third kappa shape index (κ3) is 3.21. The monoisotopic (exact) mass is 224 g/mol. The van der Waals surface area contributed by atoms with Crippen molar-refractivity contribution in [1.29, 1.82) is 0 Å². The van der Waals surface area contributed by atoms with E-state index in [2.05, 4.69) is 37.9 Å². The summed E-state index contributed by atoms with van der Waals surface area (Å²) >= 11 is 0. The van der Waals surface area contributed by atoms with Crippen LogP contribution in [0.1, 0.15) is 53.4 Å². The Morgan fingerprint density at radius 1 is 1.12 bits per heavy atom. The van der Waals surface area contributed by atoms with E-state index in [4.69, 9.17) is 0 Å². The Bertz CT molecular complexity index is 231. The van der Waals surface area contributed by atoms with E-state index in [9.17, 15) is 0 Å². The average molecular weight is 224 g/mol. The first kappa shape index (κ1) is 12.4. The average Bonchev–Trinajstić information content (AvgIpc) is 2.89. The molecule has 1 N–H and O–H groups in total. The molecule has 1 heterocycles. The van der Waals surface area contributed by atoms with Crippen molar-refractivity contribution in [3.8, 4) is 0 Å². The molecule has 2 nitrogen and oxygen atoms in total. The van der Waals surface area contributed by atoms with Crippen molar-refractivity contribution in [3.05, 3.63) is 0 Å². The lowest BCUT2D eigenvalue weighted by atomic mass is 10.1. The molecular weight excluding hydrogens is 196 g/mol. The molecule has 0 aromatic heterocycles. The fourth-order valence-corrected chi connectivity index (χ4v) is 2.79. The zero-order valence-electron chi connectivity index (χ0n) is 11.4. The Kier molecular flexibility index (Phi) is 3.60. The first-order chi connectivity index (χ1) is 7.47. The van der Waals surface area contributed by atoms with Crippen LogP contribution in [-0.4, -0.2) is 35.6 Å². The summed E-state index contributed by atoms with van der Waals surface area (Å²) in [4.78, 5) is 2.64. The van der Waals surface area contributed by atoms with Crippen LogP contribution in [0.4, 0.5) is 0 Å². The second kappa shape index (κ2) is 4.66. The highest BCUT2D eigenvalue weighted by molar-refractivity contribution is 4.93. The number of hydrogen-bond donors (Lipinski definition) is 1. The fourth-order valence-electron chi connectivity index (χ4n) is 2.79. The molecule has 0 aromatic carbocycles. The van der Waals surface area contributed by atoms with E-state index in [-0.39, 0.29) is 0 Å². The van der Waals surface area contributed by atoms with Gasteiger partial charge in [-0.1, -0.05) is 6.92 Å². The molecule has 2 rings (SSSR count). The predicted octanol–water partition coefficient (Wildman–Crippen LogP) is 2.64. The van der Waals surface area contributed by atoms with Crippen molar-refractivity contribution < 1.29 is 0 Å². The van der Waals surface area contributed by atoms with Crippen LogP contribution in [0.2, 0.25) is 0 Å². The molecular formula is C14H28N2. The Hall–Kier alpha value is -0.0800. The third-order valence-electron chi connectivity index (χ3n) is 4.24. The summed E-state index contributed by atoms with van der Waals surface area (Å²) in [7, 11) is 0. The number of likely N-dealkylation sites (tertiary alicyclic amines) is 1. The van der Waals surface area contributed by atoms with Gasteiger partial charge in [-0.15, -0.1) is 0 Å². The third-order valence-corrected chi connectivity index (χ3v) is 4.24. The van der Waals surface area contributed by atoms with E-state index in [0.717, 1.165) is 18.0 Å². The molecule has 0 bridgehead atoms. The molecule has 1 aliphatic carbocycles. The fraction of sp³-hybridized carbons (Fsp3) is 1.00. The lowest BCUT2D eigenvalue weighted by molar-refractivity contribution is 0.141. The first-order valence-corrected chi connectivity index (χ1v) is 6.98. The van der Waals surface area contributed by atoms with E-state index < -0.39 is 0 Å². The van der Waals surface area contributed by atoms with Crippen LogP contribution >= 0.6 is 0 Å². The minimum atomic E-state index is 0.349. The summed E-state index contributed by atoms with van der Waals surface area (Å²) in [6.45, 7) is 11.9. The number of rotatable bonds is 2. The summed E-state index contributed by atoms with van der Waals surface area (Å²) in [6.07, 6.45) is 5.46. The van der Waals surface area contributed by atoms with Gasteiger partial charge in [0.2, 0.25) is 0 Å². The summed E-state index contributed by atoms with van der Waals surface area (Å²) in [5, 5.41) is 3.83. The van der Waals surface area contributed by atoms with E-state index in [1.165, 1.54) is 38.8 Å². The minimum Gasteiger partial charge on any atom is -0.311 e. The Morgan fingerprint density at radius 3 is 2.38 bits per heavy atom. The molecule has 16 heavy (non-hydrogen) atoms. The Labute approximate surface area is 101 Å². The topological polar surface area (TPSA) is 15.3 Å². The summed E-state index contributed by atoms with van der Waals surface area (Å²) < 4.78 is 0. The molecule has 1 saturated heterocycles. The maximum atomic E-state index is 3.83. The van der Waals surface area contributed by atoms with Crippen molar-refractivity contribution in [1.82, 2.24) is 10.2 Å². The summed E-state index contributed by atoms with van der Waals surface area (Å²) in [5.41, 5.74) is 0.349. The summed E-state index contributed by atoms with van der Waals surface area (Å²) in [5.74, 6) is 0.932. The van der Waals surface area contributed by atoms with Crippen molar-refractivity contribution in [2.45, 2.75) is 71.0 Å². The van der Waals surface area contributed by atoms with E-state index in [0.29, 0.717) is 5.54 Å². The van der Waals surface area contributed by atoms with Gasteiger partial charge in [0, 0.05) is 24.2 Å². The SMILES string of the molecule is CC1CC1NC1CCCN(C(C)(C)C)CC1. The first-order valence-electron chi connectivity index (χ1n) is 6.98. The van der Waals surface area contributed by atoms with Crippen molar-refractivity contribution in [3.63, 3.8) is 0 Å². The van der Waals surface area contributed by atoms with Gasteiger partial charge >= 0.3 is 0 Å². The van der Waals surface area contributed by atoms with Crippen molar-refractivity contribution in [2.24, 2.45) is 5.92 Å². The highest BCUT2D eigenvalue weighted by Gasteiger charge is 2.34.